The summed E-state index contributed by atoms with van der Waals surface area (Å²) in [5.74, 6) is -1.15. The number of furan rings is 1. The van der Waals surface area contributed by atoms with Gasteiger partial charge in [-0.25, -0.2) is 4.79 Å². The van der Waals surface area contributed by atoms with Gasteiger partial charge < -0.3 is 19.8 Å². The summed E-state index contributed by atoms with van der Waals surface area (Å²) in [5.41, 5.74) is 3.43. The number of benzene rings is 1. The maximum absolute atomic E-state index is 12.2. The predicted molar refractivity (Wildman–Crippen MR) is 94.1 cm³/mol. The molecular formula is C19H20N2O4. The first-order valence-electron chi connectivity index (χ1n) is 8.21. The van der Waals surface area contributed by atoms with Crippen LogP contribution >= 0.6 is 0 Å². The fourth-order valence-corrected chi connectivity index (χ4v) is 3.03. The molecule has 0 aliphatic carbocycles. The number of fused-ring (bicyclic) bond motifs is 1. The van der Waals surface area contributed by atoms with Crippen LogP contribution in [-0.2, 0) is 12.8 Å². The van der Waals surface area contributed by atoms with E-state index in [2.05, 4.69) is 23.3 Å². The predicted octanol–water partition coefficient (Wildman–Crippen LogP) is 3.30. The molecule has 2 heterocycles. The second-order valence-corrected chi connectivity index (χ2v) is 5.92. The molecule has 1 aromatic carbocycles. The molecule has 0 fully saturated rings. The van der Waals surface area contributed by atoms with Crippen molar-refractivity contribution in [3.05, 3.63) is 58.7 Å². The third-order valence-corrected chi connectivity index (χ3v) is 4.26. The van der Waals surface area contributed by atoms with E-state index in [1.807, 2.05) is 18.3 Å². The van der Waals surface area contributed by atoms with Crippen LogP contribution in [0.1, 0.15) is 44.7 Å². The molecule has 6 nitrogen and oxygen atoms in total. The van der Waals surface area contributed by atoms with Crippen LogP contribution in [0.4, 0.5) is 0 Å². The molecule has 3 rings (SSSR count). The number of carboxylic acids is 1. The van der Waals surface area contributed by atoms with Gasteiger partial charge in [-0.05, 0) is 30.5 Å². The molecule has 0 aliphatic rings. The average Bonchev–Trinajstić information content (AvgIpc) is 3.20. The van der Waals surface area contributed by atoms with Gasteiger partial charge >= 0.3 is 5.97 Å². The number of rotatable bonds is 6. The Labute approximate surface area is 144 Å². The lowest BCUT2D eigenvalue weighted by atomic mass is 10.1. The summed E-state index contributed by atoms with van der Waals surface area (Å²) in [5, 5.41) is 13.1. The lowest BCUT2D eigenvalue weighted by Gasteiger charge is -2.04. The Kier molecular flexibility index (Phi) is 4.61. The topological polar surface area (TPSA) is 95.3 Å². The second-order valence-electron chi connectivity index (χ2n) is 5.92. The molecule has 6 heteroatoms. The van der Waals surface area contributed by atoms with Crippen molar-refractivity contribution in [2.24, 2.45) is 0 Å². The normalized spacial score (nSPS) is 11.0. The molecule has 1 amide bonds. The SMILES string of the molecule is CCc1oc(C(=O)NCCc2c[nH]c3cccc(C)c23)cc1C(=O)O. The Morgan fingerprint density at radius 3 is 2.80 bits per heavy atom. The van der Waals surface area contributed by atoms with Crippen molar-refractivity contribution in [1.29, 1.82) is 0 Å². The van der Waals surface area contributed by atoms with E-state index < -0.39 is 11.9 Å². The highest BCUT2D eigenvalue weighted by Crippen LogP contribution is 2.22. The highest BCUT2D eigenvalue weighted by Gasteiger charge is 2.19. The number of hydrogen-bond acceptors (Lipinski definition) is 3. The Hall–Kier alpha value is -3.02. The quantitative estimate of drug-likeness (QED) is 0.641. The molecule has 0 aliphatic heterocycles. The minimum atomic E-state index is -1.09. The summed E-state index contributed by atoms with van der Waals surface area (Å²) in [7, 11) is 0. The zero-order valence-electron chi connectivity index (χ0n) is 14.2. The molecule has 25 heavy (non-hydrogen) atoms. The van der Waals surface area contributed by atoms with Crippen LogP contribution in [-0.4, -0.2) is 28.5 Å². The first-order valence-corrected chi connectivity index (χ1v) is 8.21. The van der Waals surface area contributed by atoms with E-state index in [0.29, 0.717) is 25.1 Å². The lowest BCUT2D eigenvalue weighted by molar-refractivity contribution is 0.0694. The number of aromatic amines is 1. The number of carbonyl (C=O) groups is 2. The number of aromatic carboxylic acids is 1. The molecule has 0 spiro atoms. The molecular weight excluding hydrogens is 320 g/mol. The second kappa shape index (κ2) is 6.84. The van der Waals surface area contributed by atoms with E-state index in [0.717, 1.165) is 11.1 Å². The van der Waals surface area contributed by atoms with Gasteiger partial charge in [-0.1, -0.05) is 19.1 Å². The number of aryl methyl sites for hydroxylation is 2. The van der Waals surface area contributed by atoms with Crippen LogP contribution in [0.2, 0.25) is 0 Å². The van der Waals surface area contributed by atoms with Crippen LogP contribution < -0.4 is 5.32 Å². The van der Waals surface area contributed by atoms with E-state index in [9.17, 15) is 9.59 Å². The van der Waals surface area contributed by atoms with Crippen LogP contribution in [0.25, 0.3) is 10.9 Å². The van der Waals surface area contributed by atoms with Crippen LogP contribution in [0, 0.1) is 6.92 Å². The fourth-order valence-electron chi connectivity index (χ4n) is 3.03. The van der Waals surface area contributed by atoms with Gasteiger partial charge in [-0.3, -0.25) is 4.79 Å². The van der Waals surface area contributed by atoms with Crippen molar-refractivity contribution >= 4 is 22.8 Å². The fraction of sp³-hybridized carbons (Fsp3) is 0.263. The third-order valence-electron chi connectivity index (χ3n) is 4.26. The Bertz CT molecular complexity index is 936. The summed E-state index contributed by atoms with van der Waals surface area (Å²) >= 11 is 0. The number of aromatic nitrogens is 1. The molecule has 2 aromatic heterocycles. The molecule has 0 atom stereocenters. The molecule has 0 saturated carbocycles. The van der Waals surface area contributed by atoms with Crippen molar-refractivity contribution in [1.82, 2.24) is 10.3 Å². The molecule has 3 aromatic rings. The van der Waals surface area contributed by atoms with Crippen LogP contribution in [0.5, 0.6) is 0 Å². The van der Waals surface area contributed by atoms with Gasteiger partial charge in [0.25, 0.3) is 5.91 Å². The van der Waals surface area contributed by atoms with Crippen molar-refractivity contribution in [3.8, 4) is 0 Å². The molecule has 130 valence electrons. The van der Waals surface area contributed by atoms with Crippen LogP contribution in [0.3, 0.4) is 0 Å². The Morgan fingerprint density at radius 2 is 2.12 bits per heavy atom. The van der Waals surface area contributed by atoms with Crippen molar-refractivity contribution < 1.29 is 19.1 Å². The van der Waals surface area contributed by atoms with E-state index >= 15 is 0 Å². The van der Waals surface area contributed by atoms with Gasteiger partial charge in [0, 0.05) is 36.1 Å². The van der Waals surface area contributed by atoms with E-state index in [-0.39, 0.29) is 11.3 Å². The van der Waals surface area contributed by atoms with Gasteiger partial charge in [0.05, 0.1) is 0 Å². The molecule has 0 saturated heterocycles. The summed E-state index contributed by atoms with van der Waals surface area (Å²) < 4.78 is 5.37. The average molecular weight is 340 g/mol. The maximum Gasteiger partial charge on any atom is 0.339 e. The number of carboxylic acid groups (broad SMARTS) is 1. The summed E-state index contributed by atoms with van der Waals surface area (Å²) in [6.07, 6.45) is 3.04. The van der Waals surface area contributed by atoms with Crippen molar-refractivity contribution in [2.75, 3.05) is 6.54 Å². The van der Waals surface area contributed by atoms with Gasteiger partial charge in [-0.2, -0.15) is 0 Å². The van der Waals surface area contributed by atoms with Crippen LogP contribution in [0.15, 0.2) is 34.9 Å². The summed E-state index contributed by atoms with van der Waals surface area (Å²) in [6, 6.07) is 7.36. The highest BCUT2D eigenvalue weighted by atomic mass is 16.4. The lowest BCUT2D eigenvalue weighted by Crippen LogP contribution is -2.25. The maximum atomic E-state index is 12.2. The van der Waals surface area contributed by atoms with Crippen molar-refractivity contribution in [2.45, 2.75) is 26.7 Å². The van der Waals surface area contributed by atoms with E-state index in [1.165, 1.54) is 17.0 Å². The Morgan fingerprint density at radius 1 is 1.32 bits per heavy atom. The largest absolute Gasteiger partial charge is 0.478 e. The van der Waals surface area contributed by atoms with Gasteiger partial charge in [0.15, 0.2) is 5.76 Å². The summed E-state index contributed by atoms with van der Waals surface area (Å²) in [6.45, 7) is 4.28. The van der Waals surface area contributed by atoms with E-state index in [4.69, 9.17) is 9.52 Å². The van der Waals surface area contributed by atoms with E-state index in [1.54, 1.807) is 6.92 Å². The minimum absolute atomic E-state index is 0.0318. The number of carbonyl (C=O) groups excluding carboxylic acids is 1. The number of hydrogen-bond donors (Lipinski definition) is 3. The summed E-state index contributed by atoms with van der Waals surface area (Å²) in [4.78, 5) is 26.6. The standard InChI is InChI=1S/C19H20N2O4/c1-3-15-13(19(23)24)9-16(25-15)18(22)20-8-7-12-10-21-14-6-4-5-11(2)17(12)14/h4-6,9-10,21H,3,7-8H2,1-2H3,(H,20,22)(H,23,24). The third kappa shape index (κ3) is 3.28. The molecule has 0 radical (unpaired) electrons. The minimum Gasteiger partial charge on any atom is -0.478 e. The molecule has 0 bridgehead atoms. The van der Waals surface area contributed by atoms with Gasteiger partial charge in [-0.15, -0.1) is 0 Å². The Balaban J connectivity index is 1.67. The zero-order chi connectivity index (χ0) is 18.0. The number of H-pyrrole nitrogens is 1. The van der Waals surface area contributed by atoms with Crippen molar-refractivity contribution in [3.63, 3.8) is 0 Å². The molecule has 0 unspecified atom stereocenters. The molecule has 3 N–H and O–H groups in total. The van der Waals surface area contributed by atoms with Gasteiger partial charge in [0.1, 0.15) is 11.3 Å². The monoisotopic (exact) mass is 340 g/mol. The zero-order valence-corrected chi connectivity index (χ0v) is 14.2. The number of amides is 1. The first-order chi connectivity index (χ1) is 12.0. The smallest absolute Gasteiger partial charge is 0.339 e. The number of nitrogens with one attached hydrogen (secondary N) is 2. The first kappa shape index (κ1) is 16.8. The van der Waals surface area contributed by atoms with Gasteiger partial charge in [0.2, 0.25) is 0 Å². The highest BCUT2D eigenvalue weighted by molar-refractivity contribution is 5.96.